The van der Waals surface area contributed by atoms with Gasteiger partial charge in [0.1, 0.15) is 0 Å². The van der Waals surface area contributed by atoms with Crippen molar-refractivity contribution < 1.29 is 4.79 Å². The van der Waals surface area contributed by atoms with E-state index in [1.165, 1.54) is 27.8 Å². The van der Waals surface area contributed by atoms with Crippen LogP contribution in [-0.4, -0.2) is 11.7 Å². The summed E-state index contributed by atoms with van der Waals surface area (Å²) in [7, 11) is 0. The van der Waals surface area contributed by atoms with Gasteiger partial charge in [-0.1, -0.05) is 60.5 Å². The van der Waals surface area contributed by atoms with Gasteiger partial charge in [-0.05, 0) is 43.9 Å². The molecule has 128 valence electrons. The number of carbonyl (C=O) groups is 1. The largest absolute Gasteiger partial charge is 0.349 e. The Morgan fingerprint density at radius 2 is 1.83 bits per heavy atom. The van der Waals surface area contributed by atoms with Gasteiger partial charge in [-0.15, -0.1) is 11.8 Å². The summed E-state index contributed by atoms with van der Waals surface area (Å²) in [5.41, 5.74) is 6.26. The highest BCUT2D eigenvalue weighted by atomic mass is 32.2. The fraction of sp³-hybridized carbons (Fsp3) is 0.381. The maximum absolute atomic E-state index is 12.3. The molecule has 3 heteroatoms. The number of benzene rings is 2. The number of thioether (sulfide) groups is 1. The van der Waals surface area contributed by atoms with Crippen LogP contribution in [0.1, 0.15) is 47.2 Å². The monoisotopic (exact) mass is 341 g/mol. The highest BCUT2D eigenvalue weighted by molar-refractivity contribution is 7.99. The zero-order valence-electron chi connectivity index (χ0n) is 15.1. The van der Waals surface area contributed by atoms with Gasteiger partial charge in [0.2, 0.25) is 5.91 Å². The first kappa shape index (κ1) is 18.6. The molecule has 2 aromatic carbocycles. The van der Waals surface area contributed by atoms with Crippen LogP contribution >= 0.6 is 11.8 Å². The lowest BCUT2D eigenvalue weighted by molar-refractivity contribution is -0.119. The van der Waals surface area contributed by atoms with Crippen molar-refractivity contribution in [3.63, 3.8) is 0 Å². The van der Waals surface area contributed by atoms with Crippen LogP contribution < -0.4 is 5.32 Å². The molecule has 0 aliphatic heterocycles. The summed E-state index contributed by atoms with van der Waals surface area (Å²) in [5.74, 6) is 1.48. The van der Waals surface area contributed by atoms with E-state index in [1.807, 2.05) is 0 Å². The molecule has 0 fully saturated rings. The van der Waals surface area contributed by atoms with Gasteiger partial charge in [0.15, 0.2) is 0 Å². The maximum Gasteiger partial charge on any atom is 0.230 e. The van der Waals surface area contributed by atoms with Crippen molar-refractivity contribution in [3.05, 3.63) is 70.3 Å². The zero-order valence-corrected chi connectivity index (χ0v) is 15.9. The van der Waals surface area contributed by atoms with Crippen LogP contribution in [0.2, 0.25) is 0 Å². The molecule has 0 aliphatic rings. The van der Waals surface area contributed by atoms with E-state index >= 15 is 0 Å². The van der Waals surface area contributed by atoms with Crippen molar-refractivity contribution in [3.8, 4) is 0 Å². The van der Waals surface area contributed by atoms with E-state index in [1.54, 1.807) is 11.8 Å². The maximum atomic E-state index is 12.3. The second-order valence-electron chi connectivity index (χ2n) is 6.37. The average Bonchev–Trinajstić information content (AvgIpc) is 2.53. The normalized spacial score (nSPS) is 12.0. The fourth-order valence-electron chi connectivity index (χ4n) is 2.92. The quantitative estimate of drug-likeness (QED) is 0.758. The molecule has 2 aromatic rings. The molecule has 0 bridgehead atoms. The molecule has 0 spiro atoms. The fourth-order valence-corrected chi connectivity index (χ4v) is 3.70. The summed E-state index contributed by atoms with van der Waals surface area (Å²) in [4.78, 5) is 12.3. The van der Waals surface area contributed by atoms with Gasteiger partial charge in [-0.25, -0.2) is 0 Å². The Hall–Kier alpha value is -1.74. The van der Waals surface area contributed by atoms with Crippen LogP contribution in [0.5, 0.6) is 0 Å². The number of carbonyl (C=O) groups excluding carboxylic acids is 1. The standard InChI is InChI=1S/C21H27NOS/c1-5-20(19-10-9-16(3)11-17(19)4)22-21(23)14-24-13-18-8-6-7-15(2)12-18/h6-12,20H,5,13-14H2,1-4H3,(H,22,23)/t20-/m0/s1. The molecule has 1 amide bonds. The molecule has 0 unspecified atom stereocenters. The lowest BCUT2D eigenvalue weighted by Gasteiger charge is -2.20. The second-order valence-corrected chi connectivity index (χ2v) is 7.36. The Kier molecular flexibility index (Phi) is 6.92. The summed E-state index contributed by atoms with van der Waals surface area (Å²) in [6.07, 6.45) is 0.901. The summed E-state index contributed by atoms with van der Waals surface area (Å²) in [6.45, 7) is 8.42. The molecule has 0 saturated heterocycles. The third kappa shape index (κ3) is 5.41. The lowest BCUT2D eigenvalue weighted by Crippen LogP contribution is -2.30. The highest BCUT2D eigenvalue weighted by Gasteiger charge is 2.14. The van der Waals surface area contributed by atoms with E-state index in [0.29, 0.717) is 5.75 Å². The summed E-state index contributed by atoms with van der Waals surface area (Å²) >= 11 is 1.67. The molecule has 0 saturated carbocycles. The highest BCUT2D eigenvalue weighted by Crippen LogP contribution is 2.22. The average molecular weight is 342 g/mol. The van der Waals surface area contributed by atoms with Crippen LogP contribution in [0, 0.1) is 20.8 Å². The summed E-state index contributed by atoms with van der Waals surface area (Å²) in [5, 5.41) is 3.18. The van der Waals surface area contributed by atoms with Gasteiger partial charge in [0.05, 0.1) is 11.8 Å². The van der Waals surface area contributed by atoms with Crippen LogP contribution in [0.3, 0.4) is 0 Å². The van der Waals surface area contributed by atoms with Crippen molar-refractivity contribution in [1.29, 1.82) is 0 Å². The number of hydrogen-bond acceptors (Lipinski definition) is 2. The van der Waals surface area contributed by atoms with Crippen molar-refractivity contribution in [1.82, 2.24) is 5.32 Å². The molecule has 1 N–H and O–H groups in total. The minimum Gasteiger partial charge on any atom is -0.349 e. The van der Waals surface area contributed by atoms with E-state index in [0.717, 1.165) is 12.2 Å². The molecule has 1 atom stereocenters. The Morgan fingerprint density at radius 3 is 2.50 bits per heavy atom. The molecule has 0 aromatic heterocycles. The predicted octanol–water partition coefficient (Wildman–Crippen LogP) is 5.11. The topological polar surface area (TPSA) is 29.1 Å². The van der Waals surface area contributed by atoms with Gasteiger partial charge in [-0.3, -0.25) is 4.79 Å². The van der Waals surface area contributed by atoms with Crippen LogP contribution in [-0.2, 0) is 10.5 Å². The van der Waals surface area contributed by atoms with Crippen LogP contribution in [0.4, 0.5) is 0 Å². The Morgan fingerprint density at radius 1 is 1.08 bits per heavy atom. The van der Waals surface area contributed by atoms with Crippen molar-refractivity contribution >= 4 is 17.7 Å². The first-order valence-corrected chi connectivity index (χ1v) is 9.65. The third-order valence-corrected chi connectivity index (χ3v) is 5.13. The zero-order chi connectivity index (χ0) is 17.5. The lowest BCUT2D eigenvalue weighted by atomic mass is 9.97. The molecule has 2 nitrogen and oxygen atoms in total. The Bertz CT molecular complexity index is 696. The van der Waals surface area contributed by atoms with Crippen LogP contribution in [0.25, 0.3) is 0 Å². The molecule has 0 radical (unpaired) electrons. The van der Waals surface area contributed by atoms with E-state index in [-0.39, 0.29) is 11.9 Å². The summed E-state index contributed by atoms with van der Waals surface area (Å²) in [6, 6.07) is 15.0. The van der Waals surface area contributed by atoms with Crippen molar-refractivity contribution in [2.45, 2.75) is 45.9 Å². The molecule has 24 heavy (non-hydrogen) atoms. The summed E-state index contributed by atoms with van der Waals surface area (Å²) < 4.78 is 0. The van der Waals surface area contributed by atoms with Gasteiger partial charge < -0.3 is 5.32 Å². The number of hydrogen-bond donors (Lipinski definition) is 1. The van der Waals surface area contributed by atoms with Crippen LogP contribution in [0.15, 0.2) is 42.5 Å². The van der Waals surface area contributed by atoms with Gasteiger partial charge >= 0.3 is 0 Å². The molecular weight excluding hydrogens is 314 g/mol. The van der Waals surface area contributed by atoms with E-state index in [2.05, 4.69) is 75.5 Å². The van der Waals surface area contributed by atoms with Crippen molar-refractivity contribution in [2.75, 3.05) is 5.75 Å². The number of nitrogens with one attached hydrogen (secondary N) is 1. The molecule has 0 aliphatic carbocycles. The SMILES string of the molecule is CC[C@H](NC(=O)CSCc1cccc(C)c1)c1ccc(C)cc1C. The molecule has 0 heterocycles. The van der Waals surface area contributed by atoms with Crippen molar-refractivity contribution in [2.24, 2.45) is 0 Å². The number of amides is 1. The first-order chi connectivity index (χ1) is 11.5. The first-order valence-electron chi connectivity index (χ1n) is 8.49. The number of rotatable bonds is 7. The van der Waals surface area contributed by atoms with E-state index < -0.39 is 0 Å². The van der Waals surface area contributed by atoms with E-state index in [9.17, 15) is 4.79 Å². The van der Waals surface area contributed by atoms with Gasteiger partial charge in [0.25, 0.3) is 0 Å². The molecule has 2 rings (SSSR count). The third-order valence-electron chi connectivity index (χ3n) is 4.13. The number of aryl methyl sites for hydroxylation is 3. The minimum absolute atomic E-state index is 0.0951. The smallest absolute Gasteiger partial charge is 0.230 e. The molecular formula is C21H27NOS. The van der Waals surface area contributed by atoms with Gasteiger partial charge in [0, 0.05) is 5.75 Å². The minimum atomic E-state index is 0.0951. The second kappa shape index (κ2) is 8.93. The Labute approximate surface area is 150 Å². The predicted molar refractivity (Wildman–Crippen MR) is 104 cm³/mol. The Balaban J connectivity index is 1.88. The van der Waals surface area contributed by atoms with Gasteiger partial charge in [-0.2, -0.15) is 0 Å². The van der Waals surface area contributed by atoms with E-state index in [4.69, 9.17) is 0 Å².